The first-order valence-corrected chi connectivity index (χ1v) is 13.5. The van der Waals surface area contributed by atoms with E-state index in [1.807, 2.05) is 19.9 Å². The number of nitrogens with zero attached hydrogens (tertiary/aromatic N) is 7. The molecule has 1 aromatic carbocycles. The standard InChI is InChI=1S/C25H23Cl2N7O3S/c1-15-10-16(2)29-25(28-15)38-14-20-22(30-31-34(20)19-12-17(26)11-18(27)13-19)24(36)33-7-5-32(6-8-33)23(35)21-4-3-9-37-21/h3-4,9-13H,5-8,14H2,1-2H3. The summed E-state index contributed by atoms with van der Waals surface area (Å²) >= 11 is 13.9. The molecular weight excluding hydrogens is 549 g/mol. The number of thioether (sulfide) groups is 1. The van der Waals surface area contributed by atoms with Crippen molar-refractivity contribution in [2.24, 2.45) is 0 Å². The number of furan rings is 1. The molecule has 0 atom stereocenters. The van der Waals surface area contributed by atoms with Crippen LogP contribution in [0.5, 0.6) is 0 Å². The van der Waals surface area contributed by atoms with Gasteiger partial charge in [-0.3, -0.25) is 9.59 Å². The highest BCUT2D eigenvalue weighted by molar-refractivity contribution is 7.98. The van der Waals surface area contributed by atoms with Crippen molar-refractivity contribution in [1.82, 2.24) is 34.8 Å². The first kappa shape index (κ1) is 26.2. The van der Waals surface area contributed by atoms with Gasteiger partial charge in [0.2, 0.25) is 0 Å². The van der Waals surface area contributed by atoms with Crippen LogP contribution in [0, 0.1) is 13.8 Å². The van der Waals surface area contributed by atoms with E-state index in [9.17, 15) is 9.59 Å². The second-order valence-corrected chi connectivity index (χ2v) is 10.5. The Bertz CT molecular complexity index is 1440. The fourth-order valence-corrected chi connectivity index (χ4v) is 5.63. The van der Waals surface area contributed by atoms with Gasteiger partial charge < -0.3 is 14.2 Å². The molecule has 1 fully saturated rings. The van der Waals surface area contributed by atoms with Crippen molar-refractivity contribution >= 4 is 46.8 Å². The lowest BCUT2D eigenvalue weighted by atomic mass is 10.2. The molecule has 38 heavy (non-hydrogen) atoms. The number of rotatable bonds is 6. The predicted octanol–water partition coefficient (Wildman–Crippen LogP) is 4.46. The Morgan fingerprint density at radius 2 is 1.58 bits per heavy atom. The first-order chi connectivity index (χ1) is 18.3. The minimum Gasteiger partial charge on any atom is -0.459 e. The summed E-state index contributed by atoms with van der Waals surface area (Å²) in [5.41, 5.74) is 3.07. The van der Waals surface area contributed by atoms with Crippen LogP contribution >= 0.6 is 35.0 Å². The Kier molecular flexibility index (Phi) is 7.68. The number of aromatic nitrogens is 5. The minimum atomic E-state index is -0.272. The first-order valence-electron chi connectivity index (χ1n) is 11.8. The molecule has 4 heterocycles. The number of carbonyl (C=O) groups is 2. The molecule has 1 saturated heterocycles. The molecule has 2 amide bonds. The summed E-state index contributed by atoms with van der Waals surface area (Å²) in [6.07, 6.45) is 1.46. The van der Waals surface area contributed by atoms with Crippen LogP contribution in [0.3, 0.4) is 0 Å². The third-order valence-electron chi connectivity index (χ3n) is 5.94. The van der Waals surface area contributed by atoms with Crippen LogP contribution in [-0.2, 0) is 5.75 Å². The maximum atomic E-state index is 13.6. The molecule has 0 N–H and O–H groups in total. The fourth-order valence-electron chi connectivity index (χ4n) is 4.18. The second-order valence-electron chi connectivity index (χ2n) is 8.71. The number of carbonyl (C=O) groups excluding carboxylic acids is 2. The molecule has 13 heteroatoms. The van der Waals surface area contributed by atoms with Crippen molar-refractivity contribution in [3.05, 3.63) is 81.2 Å². The van der Waals surface area contributed by atoms with Crippen LogP contribution in [-0.4, -0.2) is 72.8 Å². The lowest BCUT2D eigenvalue weighted by molar-refractivity contribution is 0.0514. The van der Waals surface area contributed by atoms with Crippen LogP contribution in [0.1, 0.15) is 38.1 Å². The largest absolute Gasteiger partial charge is 0.459 e. The van der Waals surface area contributed by atoms with Crippen molar-refractivity contribution in [2.45, 2.75) is 24.8 Å². The molecule has 1 aliphatic heterocycles. The van der Waals surface area contributed by atoms with Gasteiger partial charge in [-0.2, -0.15) is 0 Å². The van der Waals surface area contributed by atoms with Crippen LogP contribution in [0.15, 0.2) is 52.2 Å². The number of halogens is 2. The normalized spacial score (nSPS) is 13.7. The summed E-state index contributed by atoms with van der Waals surface area (Å²) in [5.74, 6) is 0.140. The summed E-state index contributed by atoms with van der Waals surface area (Å²) in [5, 5.41) is 9.99. The second kappa shape index (κ2) is 11.1. The molecule has 0 aliphatic carbocycles. The third kappa shape index (κ3) is 5.69. The Hall–Kier alpha value is -3.41. The molecular formula is C25H23Cl2N7O3S. The molecule has 4 aromatic rings. The zero-order valence-corrected chi connectivity index (χ0v) is 22.9. The van der Waals surface area contributed by atoms with E-state index in [-0.39, 0.29) is 23.3 Å². The molecule has 196 valence electrons. The molecule has 0 radical (unpaired) electrons. The molecule has 0 unspecified atom stereocenters. The number of piperazine rings is 1. The van der Waals surface area contributed by atoms with Crippen molar-refractivity contribution in [3.8, 4) is 5.69 Å². The van der Waals surface area contributed by atoms with Gasteiger partial charge >= 0.3 is 0 Å². The highest BCUT2D eigenvalue weighted by atomic mass is 35.5. The molecule has 0 bridgehead atoms. The topological polar surface area (TPSA) is 110 Å². The van der Waals surface area contributed by atoms with E-state index < -0.39 is 0 Å². The average Bonchev–Trinajstić information content (AvgIpc) is 3.56. The van der Waals surface area contributed by atoms with E-state index in [1.54, 1.807) is 44.8 Å². The van der Waals surface area contributed by atoms with E-state index in [2.05, 4.69) is 20.3 Å². The van der Waals surface area contributed by atoms with Crippen LogP contribution < -0.4 is 0 Å². The Labute approximate surface area is 232 Å². The summed E-state index contributed by atoms with van der Waals surface area (Å²) in [7, 11) is 0. The van der Waals surface area contributed by atoms with Gasteiger partial charge in [-0.25, -0.2) is 14.6 Å². The highest BCUT2D eigenvalue weighted by Gasteiger charge is 2.30. The van der Waals surface area contributed by atoms with Gasteiger partial charge in [-0.15, -0.1) is 5.10 Å². The SMILES string of the molecule is Cc1cc(C)nc(SCc2c(C(=O)N3CCN(C(=O)c4ccco4)CC3)nnn2-c2cc(Cl)cc(Cl)c2)n1. The summed E-state index contributed by atoms with van der Waals surface area (Å²) in [4.78, 5) is 38.6. The van der Waals surface area contributed by atoms with Crippen molar-refractivity contribution < 1.29 is 14.0 Å². The lowest BCUT2D eigenvalue weighted by Gasteiger charge is -2.34. The molecule has 0 spiro atoms. The third-order valence-corrected chi connectivity index (χ3v) is 7.24. The van der Waals surface area contributed by atoms with Crippen molar-refractivity contribution in [1.29, 1.82) is 0 Å². The van der Waals surface area contributed by atoms with E-state index >= 15 is 0 Å². The number of hydrogen-bond donors (Lipinski definition) is 0. The lowest BCUT2D eigenvalue weighted by Crippen LogP contribution is -2.50. The number of benzene rings is 1. The summed E-state index contributed by atoms with van der Waals surface area (Å²) in [6, 6.07) is 10.2. The Morgan fingerprint density at radius 3 is 2.18 bits per heavy atom. The van der Waals surface area contributed by atoms with Crippen molar-refractivity contribution in [3.63, 3.8) is 0 Å². The maximum absolute atomic E-state index is 13.6. The molecule has 5 rings (SSSR count). The Balaban J connectivity index is 1.40. The zero-order chi connectivity index (χ0) is 26.8. The van der Waals surface area contributed by atoms with Crippen molar-refractivity contribution in [2.75, 3.05) is 26.2 Å². The number of hydrogen-bond acceptors (Lipinski definition) is 8. The van der Waals surface area contributed by atoms with Crippen LogP contribution in [0.2, 0.25) is 10.0 Å². The predicted molar refractivity (Wildman–Crippen MR) is 143 cm³/mol. The molecule has 1 aliphatic rings. The average molecular weight is 572 g/mol. The van der Waals surface area contributed by atoms with E-state index in [0.29, 0.717) is 58.5 Å². The van der Waals surface area contributed by atoms with Crippen LogP contribution in [0.25, 0.3) is 5.69 Å². The van der Waals surface area contributed by atoms with E-state index in [1.165, 1.54) is 18.0 Å². The van der Waals surface area contributed by atoms with E-state index in [0.717, 1.165) is 11.4 Å². The van der Waals surface area contributed by atoms with Gasteiger partial charge in [0, 0.05) is 53.4 Å². The zero-order valence-electron chi connectivity index (χ0n) is 20.6. The molecule has 10 nitrogen and oxygen atoms in total. The monoisotopic (exact) mass is 571 g/mol. The van der Waals surface area contributed by atoms with Gasteiger partial charge in [-0.1, -0.05) is 40.2 Å². The van der Waals surface area contributed by atoms with Gasteiger partial charge in [-0.05, 0) is 50.2 Å². The minimum absolute atomic E-state index is 0.198. The number of aryl methyl sites for hydroxylation is 2. The molecule has 3 aromatic heterocycles. The smallest absolute Gasteiger partial charge is 0.289 e. The van der Waals surface area contributed by atoms with Gasteiger partial charge in [0.1, 0.15) is 0 Å². The highest BCUT2D eigenvalue weighted by Crippen LogP contribution is 2.27. The quantitative estimate of drug-likeness (QED) is 0.246. The Morgan fingerprint density at radius 1 is 0.947 bits per heavy atom. The van der Waals surface area contributed by atoms with Crippen LogP contribution in [0.4, 0.5) is 0 Å². The molecule has 0 saturated carbocycles. The van der Waals surface area contributed by atoms with Gasteiger partial charge in [0.25, 0.3) is 11.8 Å². The van der Waals surface area contributed by atoms with E-state index in [4.69, 9.17) is 27.6 Å². The summed E-state index contributed by atoms with van der Waals surface area (Å²) < 4.78 is 6.79. The van der Waals surface area contributed by atoms with Gasteiger partial charge in [0.15, 0.2) is 16.6 Å². The summed E-state index contributed by atoms with van der Waals surface area (Å²) in [6.45, 7) is 5.28. The maximum Gasteiger partial charge on any atom is 0.289 e. The number of amides is 2. The fraction of sp³-hybridized carbons (Fsp3) is 0.280. The van der Waals surface area contributed by atoms with Gasteiger partial charge in [0.05, 0.1) is 17.6 Å².